The lowest BCUT2D eigenvalue weighted by atomic mass is 9.93. The fraction of sp³-hybridized carbons (Fsp3) is 0.267. The van der Waals surface area contributed by atoms with Crippen LogP contribution in [0.25, 0.3) is 5.76 Å². The number of carbonyl (C=O) groups is 2. The largest absolute Gasteiger partial charge is 0.507 e. The number of nitrogens with zero attached hydrogens (tertiary/aromatic N) is 1. The lowest BCUT2D eigenvalue weighted by Gasteiger charge is -2.25. The van der Waals surface area contributed by atoms with Gasteiger partial charge in [-0.1, -0.05) is 42.5 Å². The van der Waals surface area contributed by atoms with Gasteiger partial charge in [0.25, 0.3) is 11.7 Å². The van der Waals surface area contributed by atoms with Gasteiger partial charge in [-0.2, -0.15) is 0 Å². The maximum atomic E-state index is 13.3. The highest BCUT2D eigenvalue weighted by Gasteiger charge is 2.46. The van der Waals surface area contributed by atoms with Gasteiger partial charge in [0, 0.05) is 19.2 Å². The van der Waals surface area contributed by atoms with E-state index < -0.39 is 17.7 Å². The van der Waals surface area contributed by atoms with Crippen LogP contribution in [0.2, 0.25) is 0 Å². The number of methoxy groups -OCH3 is 2. The molecule has 0 bridgehead atoms. The average molecular weight is 502 g/mol. The predicted molar refractivity (Wildman–Crippen MR) is 141 cm³/mol. The van der Waals surface area contributed by atoms with Crippen molar-refractivity contribution >= 4 is 17.4 Å². The Morgan fingerprint density at radius 2 is 1.70 bits per heavy atom. The first-order valence-electron chi connectivity index (χ1n) is 12.0. The van der Waals surface area contributed by atoms with Gasteiger partial charge in [0.05, 0.1) is 25.3 Å². The zero-order valence-corrected chi connectivity index (χ0v) is 21.5. The molecule has 1 heterocycles. The molecule has 1 aliphatic rings. The molecule has 37 heavy (non-hydrogen) atoms. The van der Waals surface area contributed by atoms with Gasteiger partial charge in [0.2, 0.25) is 0 Å². The number of aryl methyl sites for hydroxylation is 2. The molecule has 0 saturated carbocycles. The molecule has 1 saturated heterocycles. The summed E-state index contributed by atoms with van der Waals surface area (Å²) in [6.45, 7) is 4.49. The number of Topliss-reactive ketones (excluding diaryl/α,β-unsaturated/α-hetero) is 1. The van der Waals surface area contributed by atoms with E-state index >= 15 is 0 Å². The second-order valence-electron chi connectivity index (χ2n) is 8.97. The molecule has 1 amide bonds. The molecule has 7 nitrogen and oxygen atoms in total. The number of rotatable bonds is 9. The molecule has 1 fully saturated rings. The minimum atomic E-state index is -0.794. The number of ketones is 1. The van der Waals surface area contributed by atoms with E-state index in [1.807, 2.05) is 62.4 Å². The molecule has 0 aliphatic carbocycles. The SMILES string of the molecule is COCCN1C(=O)C(=O)/C(=C(/O)c2cc(C)c(OC)cc2C)C1c1cccc(OCc2ccccc2)c1. The van der Waals surface area contributed by atoms with E-state index in [4.69, 9.17) is 14.2 Å². The zero-order chi connectivity index (χ0) is 26.5. The Morgan fingerprint density at radius 3 is 2.41 bits per heavy atom. The van der Waals surface area contributed by atoms with Crippen molar-refractivity contribution < 1.29 is 28.9 Å². The first-order chi connectivity index (χ1) is 17.8. The van der Waals surface area contributed by atoms with Gasteiger partial charge in [-0.25, -0.2) is 0 Å². The van der Waals surface area contributed by atoms with Gasteiger partial charge < -0.3 is 24.2 Å². The summed E-state index contributed by atoms with van der Waals surface area (Å²) >= 11 is 0. The van der Waals surface area contributed by atoms with Crippen LogP contribution in [0.5, 0.6) is 11.5 Å². The minimum Gasteiger partial charge on any atom is -0.507 e. The van der Waals surface area contributed by atoms with Crippen molar-refractivity contribution in [3.63, 3.8) is 0 Å². The number of benzene rings is 3. The van der Waals surface area contributed by atoms with Crippen molar-refractivity contribution in [3.05, 3.63) is 100 Å². The van der Waals surface area contributed by atoms with Gasteiger partial charge in [0.15, 0.2) is 0 Å². The lowest BCUT2D eigenvalue weighted by Crippen LogP contribution is -2.32. The second-order valence-corrected chi connectivity index (χ2v) is 8.97. The summed E-state index contributed by atoms with van der Waals surface area (Å²) in [5, 5.41) is 11.5. The fourth-order valence-corrected chi connectivity index (χ4v) is 4.57. The number of carbonyl (C=O) groups excluding carboxylic acids is 2. The summed E-state index contributed by atoms with van der Waals surface area (Å²) in [7, 11) is 3.11. The molecule has 0 aromatic heterocycles. The third-order valence-electron chi connectivity index (χ3n) is 6.50. The van der Waals surface area contributed by atoms with Crippen molar-refractivity contribution in [3.8, 4) is 11.5 Å². The number of ether oxygens (including phenoxy) is 3. The van der Waals surface area contributed by atoms with Crippen molar-refractivity contribution in [1.82, 2.24) is 4.90 Å². The van der Waals surface area contributed by atoms with E-state index in [1.54, 1.807) is 25.3 Å². The smallest absolute Gasteiger partial charge is 0.295 e. The van der Waals surface area contributed by atoms with Crippen molar-refractivity contribution in [2.45, 2.75) is 26.5 Å². The molecule has 0 spiro atoms. The van der Waals surface area contributed by atoms with E-state index in [1.165, 1.54) is 12.0 Å². The highest BCUT2D eigenvalue weighted by atomic mass is 16.5. The number of hydrogen-bond donors (Lipinski definition) is 1. The first kappa shape index (κ1) is 26.0. The second kappa shape index (κ2) is 11.3. The van der Waals surface area contributed by atoms with E-state index in [2.05, 4.69) is 0 Å². The van der Waals surface area contributed by atoms with Crippen LogP contribution in [0, 0.1) is 13.8 Å². The van der Waals surface area contributed by atoms with Gasteiger partial charge >= 0.3 is 0 Å². The van der Waals surface area contributed by atoms with E-state index in [0.29, 0.717) is 29.2 Å². The molecule has 7 heteroatoms. The molecular formula is C30H31NO6. The van der Waals surface area contributed by atoms with Crippen LogP contribution in [0.4, 0.5) is 0 Å². The number of likely N-dealkylation sites (tertiary alicyclic amines) is 1. The summed E-state index contributed by atoms with van der Waals surface area (Å²) in [6.07, 6.45) is 0. The van der Waals surface area contributed by atoms with Gasteiger partial charge in [0.1, 0.15) is 23.9 Å². The summed E-state index contributed by atoms with van der Waals surface area (Å²) < 4.78 is 16.6. The first-order valence-corrected chi connectivity index (χ1v) is 12.0. The van der Waals surface area contributed by atoms with E-state index in [0.717, 1.165) is 16.7 Å². The Labute approximate surface area is 216 Å². The van der Waals surface area contributed by atoms with Gasteiger partial charge in [-0.3, -0.25) is 9.59 Å². The monoisotopic (exact) mass is 501 g/mol. The number of amides is 1. The zero-order valence-electron chi connectivity index (χ0n) is 21.5. The minimum absolute atomic E-state index is 0.0361. The van der Waals surface area contributed by atoms with Gasteiger partial charge in [-0.05, 0) is 60.4 Å². The average Bonchev–Trinajstić information content (AvgIpc) is 3.17. The normalized spacial score (nSPS) is 16.8. The highest BCUT2D eigenvalue weighted by molar-refractivity contribution is 6.46. The number of hydrogen-bond acceptors (Lipinski definition) is 6. The number of aliphatic hydroxyl groups is 1. The molecule has 1 aliphatic heterocycles. The van der Waals surface area contributed by atoms with Crippen molar-refractivity contribution in [2.75, 3.05) is 27.4 Å². The Bertz CT molecular complexity index is 1330. The summed E-state index contributed by atoms with van der Waals surface area (Å²) in [4.78, 5) is 27.8. The van der Waals surface area contributed by atoms with Crippen LogP contribution in [0.3, 0.4) is 0 Å². The Morgan fingerprint density at radius 1 is 0.946 bits per heavy atom. The van der Waals surface area contributed by atoms with Gasteiger partial charge in [-0.15, -0.1) is 0 Å². The Hall–Kier alpha value is -4.10. The highest BCUT2D eigenvalue weighted by Crippen LogP contribution is 2.41. The lowest BCUT2D eigenvalue weighted by molar-refractivity contribution is -0.140. The maximum Gasteiger partial charge on any atom is 0.295 e. The van der Waals surface area contributed by atoms with E-state index in [9.17, 15) is 14.7 Å². The molecule has 0 radical (unpaired) electrons. The maximum absolute atomic E-state index is 13.3. The van der Waals surface area contributed by atoms with Crippen molar-refractivity contribution in [2.24, 2.45) is 0 Å². The van der Waals surface area contributed by atoms with Crippen LogP contribution in [0.15, 0.2) is 72.3 Å². The van der Waals surface area contributed by atoms with Crippen LogP contribution < -0.4 is 9.47 Å². The molecule has 4 rings (SSSR count). The Balaban J connectivity index is 1.78. The molecule has 1 N–H and O–H groups in total. The summed E-state index contributed by atoms with van der Waals surface area (Å²) in [5.74, 6) is -0.365. The van der Waals surface area contributed by atoms with Crippen LogP contribution in [-0.4, -0.2) is 49.1 Å². The predicted octanol–water partition coefficient (Wildman–Crippen LogP) is 4.96. The molecule has 192 valence electrons. The third kappa shape index (κ3) is 5.37. The topological polar surface area (TPSA) is 85.3 Å². The number of aliphatic hydroxyl groups excluding tert-OH is 1. The fourth-order valence-electron chi connectivity index (χ4n) is 4.57. The van der Waals surface area contributed by atoms with Crippen LogP contribution in [0.1, 0.15) is 33.9 Å². The van der Waals surface area contributed by atoms with E-state index in [-0.39, 0.29) is 24.5 Å². The molecule has 3 aromatic carbocycles. The van der Waals surface area contributed by atoms with Crippen molar-refractivity contribution in [1.29, 1.82) is 0 Å². The quantitative estimate of drug-likeness (QED) is 0.253. The summed E-state index contributed by atoms with van der Waals surface area (Å²) in [5.41, 5.74) is 3.71. The standard InChI is InChI=1S/C30H31NO6/c1-19-16-25(36-4)20(2)15-24(19)28(32)26-27(31(13-14-35-3)30(34)29(26)33)22-11-8-12-23(17-22)37-18-21-9-6-5-7-10-21/h5-12,15-17,27,32H,13-14,18H2,1-4H3/b28-26+. The third-order valence-corrected chi connectivity index (χ3v) is 6.50. The molecule has 3 aromatic rings. The van der Waals surface area contributed by atoms with Crippen LogP contribution >= 0.6 is 0 Å². The van der Waals surface area contributed by atoms with Crippen LogP contribution in [-0.2, 0) is 20.9 Å². The summed E-state index contributed by atoms with van der Waals surface area (Å²) in [6, 6.07) is 19.8. The molecular weight excluding hydrogens is 470 g/mol. The Kier molecular flexibility index (Phi) is 7.94. The molecule has 1 unspecified atom stereocenters. The molecule has 1 atom stereocenters.